The molecule has 4 rings (SSSR count). The van der Waals surface area contributed by atoms with Crippen molar-refractivity contribution >= 4 is 17.2 Å². The van der Waals surface area contributed by atoms with Gasteiger partial charge in [0.25, 0.3) is 0 Å². The van der Waals surface area contributed by atoms with Crippen molar-refractivity contribution in [1.82, 2.24) is 14.7 Å². The minimum absolute atomic E-state index is 0.682. The van der Waals surface area contributed by atoms with Gasteiger partial charge >= 0.3 is 0 Å². The SMILES string of the molecule is Clc1ccc(-c2cccc3nccn23)cc1CNC1CC1. The summed E-state index contributed by atoms with van der Waals surface area (Å²) in [4.78, 5) is 4.34. The topological polar surface area (TPSA) is 29.3 Å². The van der Waals surface area contributed by atoms with E-state index in [2.05, 4.69) is 32.9 Å². The summed E-state index contributed by atoms with van der Waals surface area (Å²) in [6.07, 6.45) is 6.38. The molecule has 2 aromatic heterocycles. The molecule has 106 valence electrons. The zero-order chi connectivity index (χ0) is 14.2. The Labute approximate surface area is 128 Å². The van der Waals surface area contributed by atoms with E-state index in [1.165, 1.54) is 12.8 Å². The number of halogens is 1. The van der Waals surface area contributed by atoms with Gasteiger partial charge in [0.1, 0.15) is 5.65 Å². The third-order valence-electron chi connectivity index (χ3n) is 3.93. The number of nitrogens with zero attached hydrogens (tertiary/aromatic N) is 2. The maximum absolute atomic E-state index is 6.33. The zero-order valence-corrected chi connectivity index (χ0v) is 12.3. The van der Waals surface area contributed by atoms with E-state index in [9.17, 15) is 0 Å². The predicted octanol–water partition coefficient (Wildman–Crippen LogP) is 3.91. The summed E-state index contributed by atoms with van der Waals surface area (Å²) in [6, 6.07) is 13.1. The molecular weight excluding hydrogens is 282 g/mol. The van der Waals surface area contributed by atoms with E-state index in [4.69, 9.17) is 11.6 Å². The van der Waals surface area contributed by atoms with Gasteiger partial charge in [-0.1, -0.05) is 23.7 Å². The Morgan fingerprint density at radius 2 is 2.14 bits per heavy atom. The van der Waals surface area contributed by atoms with Gasteiger partial charge in [-0.15, -0.1) is 0 Å². The fourth-order valence-corrected chi connectivity index (χ4v) is 2.78. The zero-order valence-electron chi connectivity index (χ0n) is 11.6. The van der Waals surface area contributed by atoms with Gasteiger partial charge < -0.3 is 5.32 Å². The molecule has 0 spiro atoms. The molecule has 0 unspecified atom stereocenters. The van der Waals surface area contributed by atoms with Crippen LogP contribution in [0.5, 0.6) is 0 Å². The molecule has 2 heterocycles. The Kier molecular flexibility index (Phi) is 3.17. The Morgan fingerprint density at radius 1 is 1.24 bits per heavy atom. The van der Waals surface area contributed by atoms with Crippen molar-refractivity contribution < 1.29 is 0 Å². The molecule has 1 saturated carbocycles. The van der Waals surface area contributed by atoms with Gasteiger partial charge in [0.05, 0.1) is 5.69 Å². The molecule has 0 saturated heterocycles. The lowest BCUT2D eigenvalue weighted by Gasteiger charge is -2.10. The molecule has 3 nitrogen and oxygen atoms in total. The quantitative estimate of drug-likeness (QED) is 0.791. The van der Waals surface area contributed by atoms with Crippen LogP contribution in [0.3, 0.4) is 0 Å². The van der Waals surface area contributed by atoms with Crippen LogP contribution in [0.25, 0.3) is 16.9 Å². The van der Waals surface area contributed by atoms with E-state index in [-0.39, 0.29) is 0 Å². The van der Waals surface area contributed by atoms with Gasteiger partial charge in [0.2, 0.25) is 0 Å². The summed E-state index contributed by atoms with van der Waals surface area (Å²) in [5.74, 6) is 0. The number of aromatic nitrogens is 2. The van der Waals surface area contributed by atoms with Gasteiger partial charge in [0.15, 0.2) is 0 Å². The van der Waals surface area contributed by atoms with Crippen molar-refractivity contribution in [3.8, 4) is 11.3 Å². The van der Waals surface area contributed by atoms with Gasteiger partial charge in [-0.25, -0.2) is 4.98 Å². The van der Waals surface area contributed by atoms with Gasteiger partial charge in [-0.05, 0) is 48.2 Å². The highest BCUT2D eigenvalue weighted by atomic mass is 35.5. The first-order chi connectivity index (χ1) is 10.3. The molecule has 1 fully saturated rings. The van der Waals surface area contributed by atoms with Crippen LogP contribution in [-0.4, -0.2) is 15.4 Å². The summed E-state index contributed by atoms with van der Waals surface area (Å²) >= 11 is 6.33. The standard InChI is InChI=1S/C17H16ClN3/c18-15-7-4-12(10-13(15)11-20-14-5-6-14)16-2-1-3-17-19-8-9-21(16)17/h1-4,7-10,14,20H,5-6,11H2. The van der Waals surface area contributed by atoms with Crippen molar-refractivity contribution in [2.75, 3.05) is 0 Å². The lowest BCUT2D eigenvalue weighted by molar-refractivity contribution is 0.688. The molecule has 3 aromatic rings. The van der Waals surface area contributed by atoms with Crippen molar-refractivity contribution in [3.63, 3.8) is 0 Å². The Balaban J connectivity index is 1.73. The number of hydrogen-bond acceptors (Lipinski definition) is 2. The maximum Gasteiger partial charge on any atom is 0.137 e. The van der Waals surface area contributed by atoms with Gasteiger partial charge in [-0.2, -0.15) is 0 Å². The van der Waals surface area contributed by atoms with E-state index in [1.54, 1.807) is 0 Å². The highest BCUT2D eigenvalue weighted by molar-refractivity contribution is 6.31. The summed E-state index contributed by atoms with van der Waals surface area (Å²) in [7, 11) is 0. The van der Waals surface area contributed by atoms with Crippen LogP contribution in [0.1, 0.15) is 18.4 Å². The summed E-state index contributed by atoms with van der Waals surface area (Å²) in [6.45, 7) is 0.831. The van der Waals surface area contributed by atoms with Crippen molar-refractivity contribution in [3.05, 3.63) is 59.4 Å². The lowest BCUT2D eigenvalue weighted by atomic mass is 10.1. The van der Waals surface area contributed by atoms with E-state index in [1.807, 2.05) is 30.6 Å². The number of pyridine rings is 1. The molecule has 21 heavy (non-hydrogen) atoms. The monoisotopic (exact) mass is 297 g/mol. The van der Waals surface area contributed by atoms with Crippen LogP contribution in [0.4, 0.5) is 0 Å². The molecule has 0 atom stereocenters. The van der Waals surface area contributed by atoms with Crippen LogP contribution in [-0.2, 0) is 6.54 Å². The van der Waals surface area contributed by atoms with Crippen LogP contribution in [0, 0.1) is 0 Å². The number of imidazole rings is 1. The third-order valence-corrected chi connectivity index (χ3v) is 4.30. The number of fused-ring (bicyclic) bond motifs is 1. The second-order valence-corrected chi connectivity index (χ2v) is 5.94. The van der Waals surface area contributed by atoms with Gasteiger partial charge in [-0.3, -0.25) is 4.40 Å². The molecule has 0 amide bonds. The summed E-state index contributed by atoms with van der Waals surface area (Å²) < 4.78 is 2.10. The number of benzene rings is 1. The second-order valence-electron chi connectivity index (χ2n) is 5.53. The fourth-order valence-electron chi connectivity index (χ4n) is 2.59. The molecule has 0 bridgehead atoms. The molecule has 1 aromatic carbocycles. The van der Waals surface area contributed by atoms with Crippen molar-refractivity contribution in [1.29, 1.82) is 0 Å². The van der Waals surface area contributed by atoms with Crippen molar-refractivity contribution in [2.45, 2.75) is 25.4 Å². The van der Waals surface area contributed by atoms with E-state index >= 15 is 0 Å². The molecular formula is C17H16ClN3. The highest BCUT2D eigenvalue weighted by Crippen LogP contribution is 2.27. The van der Waals surface area contributed by atoms with E-state index in [0.29, 0.717) is 6.04 Å². The molecule has 1 N–H and O–H groups in total. The lowest BCUT2D eigenvalue weighted by Crippen LogP contribution is -2.15. The second kappa shape index (κ2) is 5.17. The molecule has 1 aliphatic rings. The number of nitrogens with one attached hydrogen (secondary N) is 1. The number of hydrogen-bond donors (Lipinski definition) is 1. The molecule has 0 aliphatic heterocycles. The van der Waals surface area contributed by atoms with Crippen LogP contribution < -0.4 is 5.32 Å². The van der Waals surface area contributed by atoms with E-state index < -0.39 is 0 Å². The van der Waals surface area contributed by atoms with Gasteiger partial charge in [0, 0.05) is 30.0 Å². The van der Waals surface area contributed by atoms with E-state index in [0.717, 1.165) is 34.0 Å². The Morgan fingerprint density at radius 3 is 3.00 bits per heavy atom. The van der Waals surface area contributed by atoms with Crippen LogP contribution >= 0.6 is 11.6 Å². The first-order valence-electron chi connectivity index (χ1n) is 7.25. The third kappa shape index (κ3) is 2.55. The minimum Gasteiger partial charge on any atom is -0.310 e. The predicted molar refractivity (Wildman–Crippen MR) is 85.5 cm³/mol. The first kappa shape index (κ1) is 12.9. The minimum atomic E-state index is 0.682. The fraction of sp³-hybridized carbons (Fsp3) is 0.235. The smallest absolute Gasteiger partial charge is 0.137 e. The average molecular weight is 298 g/mol. The maximum atomic E-state index is 6.33. The van der Waals surface area contributed by atoms with Crippen LogP contribution in [0.15, 0.2) is 48.8 Å². The van der Waals surface area contributed by atoms with Crippen molar-refractivity contribution in [2.24, 2.45) is 0 Å². The van der Waals surface area contributed by atoms with Crippen LogP contribution in [0.2, 0.25) is 5.02 Å². The summed E-state index contributed by atoms with van der Waals surface area (Å²) in [5, 5.41) is 4.34. The summed E-state index contributed by atoms with van der Waals surface area (Å²) in [5.41, 5.74) is 4.41. The molecule has 4 heteroatoms. The molecule has 1 aliphatic carbocycles. The molecule has 0 radical (unpaired) electrons. The first-order valence-corrected chi connectivity index (χ1v) is 7.63. The number of rotatable bonds is 4. The normalized spacial score (nSPS) is 14.7. The Hall–Kier alpha value is -1.84. The highest BCUT2D eigenvalue weighted by Gasteiger charge is 2.20. The largest absolute Gasteiger partial charge is 0.310 e. The average Bonchev–Trinajstić information content (AvgIpc) is 3.21. The Bertz CT molecular complexity index is 790.